The Hall–Kier alpha value is -2.15. The van der Waals surface area contributed by atoms with E-state index in [1.807, 2.05) is 4.90 Å². The molecule has 1 atom stereocenters. The summed E-state index contributed by atoms with van der Waals surface area (Å²) in [7, 11) is 2.07. The Morgan fingerprint density at radius 2 is 1.90 bits per heavy atom. The third-order valence-electron chi connectivity index (χ3n) is 6.26. The predicted octanol–water partition coefficient (Wildman–Crippen LogP) is 4.13. The summed E-state index contributed by atoms with van der Waals surface area (Å²) in [5.41, 5.74) is 2.43. The summed E-state index contributed by atoms with van der Waals surface area (Å²) in [5.74, 6) is -0.160. The lowest BCUT2D eigenvalue weighted by Gasteiger charge is -2.38. The first-order valence-corrected chi connectivity index (χ1v) is 11.2. The minimum Gasteiger partial charge on any atom is -0.350 e. The van der Waals surface area contributed by atoms with Crippen LogP contribution in [0, 0.1) is 0 Å². The van der Waals surface area contributed by atoms with Gasteiger partial charge in [-0.15, -0.1) is 11.3 Å². The van der Waals surface area contributed by atoms with Crippen LogP contribution >= 0.6 is 11.3 Å². The van der Waals surface area contributed by atoms with Crippen molar-refractivity contribution in [1.29, 1.82) is 0 Å². The molecule has 6 heteroatoms. The Kier molecular flexibility index (Phi) is 4.94. The molecule has 2 saturated heterocycles. The molecule has 1 aromatic carbocycles. The molecule has 4 heterocycles. The molecule has 1 unspecified atom stereocenters. The Morgan fingerprint density at radius 3 is 2.62 bits per heavy atom. The SMILES string of the molecule is Cn1cc(C(CC(=O)N2CCC3(CC2)OCCO3)c2cccs2)c2ccccc21. The van der Waals surface area contributed by atoms with Crippen LogP contribution in [0.15, 0.2) is 48.0 Å². The fourth-order valence-corrected chi connectivity index (χ4v) is 5.54. The molecule has 3 aromatic rings. The van der Waals surface area contributed by atoms with Crippen molar-refractivity contribution in [3.8, 4) is 0 Å². The van der Waals surface area contributed by atoms with Crippen LogP contribution < -0.4 is 0 Å². The number of piperidine rings is 1. The number of fused-ring (bicyclic) bond motifs is 1. The van der Waals surface area contributed by atoms with Crippen LogP contribution in [0.1, 0.15) is 35.6 Å². The molecular weight excluding hydrogens is 384 g/mol. The smallest absolute Gasteiger partial charge is 0.223 e. The minimum absolute atomic E-state index is 0.0727. The summed E-state index contributed by atoms with van der Waals surface area (Å²) < 4.78 is 13.8. The number of aromatic nitrogens is 1. The van der Waals surface area contributed by atoms with E-state index in [1.165, 1.54) is 21.3 Å². The second kappa shape index (κ2) is 7.59. The van der Waals surface area contributed by atoms with E-state index in [9.17, 15) is 4.79 Å². The topological polar surface area (TPSA) is 43.7 Å². The number of para-hydroxylation sites is 1. The monoisotopic (exact) mass is 410 g/mol. The molecule has 29 heavy (non-hydrogen) atoms. The van der Waals surface area contributed by atoms with E-state index in [0.717, 1.165) is 12.8 Å². The van der Waals surface area contributed by atoms with Crippen LogP contribution in [0.4, 0.5) is 0 Å². The molecule has 152 valence electrons. The first kappa shape index (κ1) is 18.9. The predicted molar refractivity (Wildman–Crippen MR) is 114 cm³/mol. The van der Waals surface area contributed by atoms with E-state index >= 15 is 0 Å². The molecule has 5 nitrogen and oxygen atoms in total. The zero-order valence-electron chi connectivity index (χ0n) is 16.7. The van der Waals surface area contributed by atoms with Gasteiger partial charge in [0, 0.05) is 67.3 Å². The lowest BCUT2D eigenvalue weighted by molar-refractivity contribution is -0.187. The summed E-state index contributed by atoms with van der Waals surface area (Å²) >= 11 is 1.73. The molecule has 0 bridgehead atoms. The molecule has 1 amide bonds. The number of thiophene rings is 1. The van der Waals surface area contributed by atoms with E-state index in [-0.39, 0.29) is 11.8 Å². The number of rotatable bonds is 4. The van der Waals surface area contributed by atoms with Crippen LogP contribution in [0.25, 0.3) is 10.9 Å². The second-order valence-electron chi connectivity index (χ2n) is 7.97. The Bertz CT molecular complexity index is 994. The number of benzene rings is 1. The molecule has 0 saturated carbocycles. The third-order valence-corrected chi connectivity index (χ3v) is 7.25. The number of likely N-dealkylation sites (tertiary alicyclic amines) is 1. The van der Waals surface area contributed by atoms with E-state index in [4.69, 9.17) is 9.47 Å². The fraction of sp³-hybridized carbons (Fsp3) is 0.435. The van der Waals surface area contributed by atoms with Crippen molar-refractivity contribution in [2.24, 2.45) is 7.05 Å². The van der Waals surface area contributed by atoms with Crippen molar-refractivity contribution in [3.63, 3.8) is 0 Å². The lowest BCUT2D eigenvalue weighted by Crippen LogP contribution is -2.47. The molecule has 0 N–H and O–H groups in total. The van der Waals surface area contributed by atoms with Crippen molar-refractivity contribution in [2.75, 3.05) is 26.3 Å². The molecule has 2 aliphatic heterocycles. The number of ether oxygens (including phenoxy) is 2. The van der Waals surface area contributed by atoms with Crippen LogP contribution in [0.5, 0.6) is 0 Å². The maximum atomic E-state index is 13.3. The minimum atomic E-state index is -0.445. The number of aryl methyl sites for hydroxylation is 1. The number of carbonyl (C=O) groups is 1. The maximum Gasteiger partial charge on any atom is 0.223 e. The van der Waals surface area contributed by atoms with Gasteiger partial charge in [-0.1, -0.05) is 24.3 Å². The molecule has 2 fully saturated rings. The van der Waals surface area contributed by atoms with Crippen LogP contribution in [0.2, 0.25) is 0 Å². The Labute approximate surface area is 174 Å². The summed E-state index contributed by atoms with van der Waals surface area (Å²) in [5, 5.41) is 3.32. The van der Waals surface area contributed by atoms with Crippen LogP contribution in [-0.4, -0.2) is 47.5 Å². The van der Waals surface area contributed by atoms with Gasteiger partial charge >= 0.3 is 0 Å². The number of amides is 1. The highest BCUT2D eigenvalue weighted by Gasteiger charge is 2.41. The van der Waals surface area contributed by atoms with Crippen molar-refractivity contribution in [2.45, 2.75) is 31.0 Å². The van der Waals surface area contributed by atoms with Crippen molar-refractivity contribution in [3.05, 3.63) is 58.4 Å². The molecule has 0 radical (unpaired) electrons. The highest BCUT2D eigenvalue weighted by Crippen LogP contribution is 2.38. The maximum absolute atomic E-state index is 13.3. The van der Waals surface area contributed by atoms with Gasteiger partial charge in [0.2, 0.25) is 5.91 Å². The van der Waals surface area contributed by atoms with E-state index in [2.05, 4.69) is 59.6 Å². The average Bonchev–Trinajstić information content (AvgIpc) is 3.49. The first-order chi connectivity index (χ1) is 14.2. The number of carbonyl (C=O) groups excluding carboxylic acids is 1. The van der Waals surface area contributed by atoms with Gasteiger partial charge in [-0.2, -0.15) is 0 Å². The molecule has 1 spiro atoms. The largest absolute Gasteiger partial charge is 0.350 e. The zero-order valence-corrected chi connectivity index (χ0v) is 17.5. The van der Waals surface area contributed by atoms with Gasteiger partial charge in [-0.05, 0) is 23.1 Å². The fourth-order valence-electron chi connectivity index (χ4n) is 4.69. The first-order valence-electron chi connectivity index (χ1n) is 10.3. The lowest BCUT2D eigenvalue weighted by atomic mass is 9.92. The highest BCUT2D eigenvalue weighted by atomic mass is 32.1. The summed E-state index contributed by atoms with van der Waals surface area (Å²) in [6, 6.07) is 12.7. The highest BCUT2D eigenvalue weighted by molar-refractivity contribution is 7.10. The van der Waals surface area contributed by atoms with Crippen molar-refractivity contribution in [1.82, 2.24) is 9.47 Å². The van der Waals surface area contributed by atoms with Gasteiger partial charge in [0.25, 0.3) is 0 Å². The van der Waals surface area contributed by atoms with Crippen molar-refractivity contribution < 1.29 is 14.3 Å². The quantitative estimate of drug-likeness (QED) is 0.650. The van der Waals surface area contributed by atoms with Gasteiger partial charge in [0.15, 0.2) is 5.79 Å². The molecule has 2 aromatic heterocycles. The number of hydrogen-bond donors (Lipinski definition) is 0. The Balaban J connectivity index is 1.39. The molecular formula is C23H26N2O3S. The van der Waals surface area contributed by atoms with E-state index in [0.29, 0.717) is 32.7 Å². The number of hydrogen-bond acceptors (Lipinski definition) is 4. The van der Waals surface area contributed by atoms with Crippen LogP contribution in [0.3, 0.4) is 0 Å². The summed E-state index contributed by atoms with van der Waals surface area (Å²) in [4.78, 5) is 16.5. The normalized spacial score (nSPS) is 19.8. The number of nitrogens with zero attached hydrogens (tertiary/aromatic N) is 2. The average molecular weight is 411 g/mol. The van der Waals surface area contributed by atoms with Gasteiger partial charge in [-0.3, -0.25) is 4.79 Å². The van der Waals surface area contributed by atoms with Gasteiger partial charge in [0.1, 0.15) is 0 Å². The Morgan fingerprint density at radius 1 is 1.14 bits per heavy atom. The van der Waals surface area contributed by atoms with Crippen LogP contribution in [-0.2, 0) is 21.3 Å². The molecule has 5 rings (SSSR count). The zero-order chi connectivity index (χ0) is 19.8. The van der Waals surface area contributed by atoms with E-state index in [1.54, 1.807) is 11.3 Å². The molecule has 0 aliphatic carbocycles. The summed E-state index contributed by atoms with van der Waals surface area (Å²) in [6.07, 6.45) is 4.20. The molecule has 2 aliphatic rings. The van der Waals surface area contributed by atoms with Gasteiger partial charge in [-0.25, -0.2) is 0 Å². The van der Waals surface area contributed by atoms with Crippen molar-refractivity contribution >= 4 is 28.1 Å². The summed E-state index contributed by atoms with van der Waals surface area (Å²) in [6.45, 7) is 2.72. The van der Waals surface area contributed by atoms with Gasteiger partial charge < -0.3 is 18.9 Å². The third kappa shape index (κ3) is 3.50. The second-order valence-corrected chi connectivity index (χ2v) is 8.95. The van der Waals surface area contributed by atoms with Gasteiger partial charge in [0.05, 0.1) is 13.2 Å². The van der Waals surface area contributed by atoms with E-state index < -0.39 is 5.79 Å². The standard InChI is InChI=1S/C23H26N2O3S/c1-24-16-19(17-5-2-3-6-20(17)24)18(21-7-4-14-29-21)15-22(26)25-10-8-23(9-11-25)27-12-13-28-23/h2-7,14,16,18H,8-13,15H2,1H3.